The lowest BCUT2D eigenvalue weighted by Crippen LogP contribution is -2.55. The first-order valence-corrected chi connectivity index (χ1v) is 8.10. The highest BCUT2D eigenvalue weighted by Gasteiger charge is 2.38. The molecule has 24 heavy (non-hydrogen) atoms. The average Bonchev–Trinajstić information content (AvgIpc) is 2.54. The number of urea groups is 1. The maximum absolute atomic E-state index is 13.0. The summed E-state index contributed by atoms with van der Waals surface area (Å²) < 4.78 is 0. The third-order valence-corrected chi connectivity index (χ3v) is 4.02. The van der Waals surface area contributed by atoms with Crippen LogP contribution in [0.2, 0.25) is 0 Å². The third-order valence-electron chi connectivity index (χ3n) is 4.02. The Morgan fingerprint density at radius 3 is 2.25 bits per heavy atom. The zero-order chi connectivity index (χ0) is 17.9. The first-order valence-electron chi connectivity index (χ1n) is 8.10. The monoisotopic (exact) mass is 333 g/mol. The Morgan fingerprint density at radius 2 is 1.71 bits per heavy atom. The van der Waals surface area contributed by atoms with Gasteiger partial charge >= 0.3 is 6.03 Å². The molecule has 7 nitrogen and oxygen atoms in total. The van der Waals surface area contributed by atoms with E-state index in [0.717, 1.165) is 24.2 Å². The lowest BCUT2D eigenvalue weighted by Gasteiger charge is -2.38. The van der Waals surface area contributed by atoms with Crippen LogP contribution in [0.5, 0.6) is 0 Å². The Bertz CT molecular complexity index is 645. The zero-order valence-electron chi connectivity index (χ0n) is 14.3. The van der Waals surface area contributed by atoms with Crippen molar-refractivity contribution in [1.29, 1.82) is 0 Å². The minimum absolute atomic E-state index is 0.0669. The summed E-state index contributed by atoms with van der Waals surface area (Å²) in [6.45, 7) is 6.47. The van der Waals surface area contributed by atoms with Crippen molar-refractivity contribution in [3.63, 3.8) is 0 Å². The number of piperidine rings is 1. The standard InChI is InChI=1S/C17H23N3O4/c1-17(2,3)19(16(22)18-11-7-4-8-12-18)15(21)13-9-5-6-10-14(13)20(23)24/h5-6,9-10H,4,7-8,11-12H2,1-3H3. The van der Waals surface area contributed by atoms with Gasteiger partial charge in [0.25, 0.3) is 11.6 Å². The van der Waals surface area contributed by atoms with Crippen LogP contribution in [-0.4, -0.2) is 45.3 Å². The fourth-order valence-corrected chi connectivity index (χ4v) is 2.84. The maximum Gasteiger partial charge on any atom is 0.327 e. The van der Waals surface area contributed by atoms with E-state index in [0.29, 0.717) is 13.1 Å². The SMILES string of the molecule is CC(C)(C)N(C(=O)c1ccccc1[N+](=O)[O-])C(=O)N1CCCCC1. The molecule has 1 saturated heterocycles. The van der Waals surface area contributed by atoms with Crippen molar-refractivity contribution in [2.75, 3.05) is 13.1 Å². The lowest BCUT2D eigenvalue weighted by molar-refractivity contribution is -0.385. The van der Waals surface area contributed by atoms with E-state index in [9.17, 15) is 19.7 Å². The number of para-hydroxylation sites is 1. The molecule has 0 aliphatic carbocycles. The molecule has 0 saturated carbocycles. The van der Waals surface area contributed by atoms with Crippen molar-refractivity contribution >= 4 is 17.6 Å². The van der Waals surface area contributed by atoms with Crippen LogP contribution < -0.4 is 0 Å². The molecule has 1 fully saturated rings. The first-order chi connectivity index (χ1) is 11.2. The molecule has 1 aromatic rings. The van der Waals surface area contributed by atoms with E-state index in [-0.39, 0.29) is 17.3 Å². The Labute approximate surface area is 141 Å². The number of carbonyl (C=O) groups is 2. The van der Waals surface area contributed by atoms with E-state index >= 15 is 0 Å². The number of rotatable bonds is 2. The quantitative estimate of drug-likeness (QED) is 0.613. The Morgan fingerprint density at radius 1 is 1.12 bits per heavy atom. The number of likely N-dealkylation sites (tertiary alicyclic amines) is 1. The topological polar surface area (TPSA) is 83.8 Å². The number of nitro groups is 1. The minimum Gasteiger partial charge on any atom is -0.324 e. The van der Waals surface area contributed by atoms with Gasteiger partial charge in [-0.05, 0) is 46.1 Å². The van der Waals surface area contributed by atoms with Gasteiger partial charge in [-0.15, -0.1) is 0 Å². The Hall–Kier alpha value is -2.44. The van der Waals surface area contributed by atoms with E-state index in [2.05, 4.69) is 0 Å². The van der Waals surface area contributed by atoms with Crippen molar-refractivity contribution in [3.05, 3.63) is 39.9 Å². The van der Waals surface area contributed by atoms with Gasteiger partial charge in [-0.3, -0.25) is 19.8 Å². The van der Waals surface area contributed by atoms with Crippen molar-refractivity contribution < 1.29 is 14.5 Å². The molecule has 0 atom stereocenters. The molecule has 1 aliphatic heterocycles. The number of benzene rings is 1. The number of hydrogen-bond acceptors (Lipinski definition) is 4. The summed E-state index contributed by atoms with van der Waals surface area (Å²) in [4.78, 5) is 39.3. The molecule has 1 heterocycles. The van der Waals surface area contributed by atoms with Crippen molar-refractivity contribution in [2.45, 2.75) is 45.6 Å². The van der Waals surface area contributed by atoms with Gasteiger partial charge in [0.2, 0.25) is 0 Å². The van der Waals surface area contributed by atoms with E-state index in [1.54, 1.807) is 31.7 Å². The molecule has 0 radical (unpaired) electrons. The molecule has 130 valence electrons. The highest BCUT2D eigenvalue weighted by Crippen LogP contribution is 2.26. The Kier molecular flexibility index (Phi) is 5.21. The number of carbonyl (C=O) groups excluding carboxylic acids is 2. The third kappa shape index (κ3) is 3.72. The Balaban J connectivity index is 2.40. The number of nitrogens with zero attached hydrogens (tertiary/aromatic N) is 3. The summed E-state index contributed by atoms with van der Waals surface area (Å²) in [6.07, 6.45) is 2.88. The van der Waals surface area contributed by atoms with E-state index < -0.39 is 16.4 Å². The van der Waals surface area contributed by atoms with E-state index in [4.69, 9.17) is 0 Å². The normalized spacial score (nSPS) is 15.0. The molecule has 1 aromatic carbocycles. The molecule has 0 unspecified atom stereocenters. The van der Waals surface area contributed by atoms with E-state index in [1.165, 1.54) is 18.2 Å². The lowest BCUT2D eigenvalue weighted by atomic mass is 10.0. The van der Waals surface area contributed by atoms with Gasteiger partial charge in [0.1, 0.15) is 5.56 Å². The first kappa shape index (κ1) is 17.9. The predicted molar refractivity (Wildman–Crippen MR) is 89.8 cm³/mol. The molecule has 0 aromatic heterocycles. The van der Waals surface area contributed by atoms with Gasteiger partial charge in [0, 0.05) is 24.7 Å². The maximum atomic E-state index is 13.0. The summed E-state index contributed by atoms with van der Waals surface area (Å²) in [5, 5.41) is 11.2. The van der Waals surface area contributed by atoms with Crippen LogP contribution in [0.4, 0.5) is 10.5 Å². The van der Waals surface area contributed by atoms with Gasteiger partial charge in [0.05, 0.1) is 4.92 Å². The fraction of sp³-hybridized carbons (Fsp3) is 0.529. The summed E-state index contributed by atoms with van der Waals surface area (Å²) in [5.41, 5.74) is -1.14. The largest absolute Gasteiger partial charge is 0.327 e. The molecular formula is C17H23N3O4. The number of imide groups is 1. The number of nitro benzene ring substituents is 1. The number of hydrogen-bond donors (Lipinski definition) is 0. The van der Waals surface area contributed by atoms with Gasteiger partial charge in [-0.1, -0.05) is 12.1 Å². The smallest absolute Gasteiger partial charge is 0.324 e. The highest BCUT2D eigenvalue weighted by atomic mass is 16.6. The van der Waals surface area contributed by atoms with Crippen LogP contribution in [0.3, 0.4) is 0 Å². The zero-order valence-corrected chi connectivity index (χ0v) is 14.3. The average molecular weight is 333 g/mol. The van der Waals surface area contributed by atoms with Crippen LogP contribution in [-0.2, 0) is 0 Å². The molecule has 3 amide bonds. The molecular weight excluding hydrogens is 310 g/mol. The van der Waals surface area contributed by atoms with Crippen molar-refractivity contribution in [2.24, 2.45) is 0 Å². The van der Waals surface area contributed by atoms with Crippen LogP contribution in [0.1, 0.15) is 50.4 Å². The van der Waals surface area contributed by atoms with Gasteiger partial charge in [-0.25, -0.2) is 4.79 Å². The van der Waals surface area contributed by atoms with Crippen LogP contribution in [0.15, 0.2) is 24.3 Å². The molecule has 0 N–H and O–H groups in total. The molecule has 7 heteroatoms. The number of amides is 3. The molecule has 0 spiro atoms. The minimum atomic E-state index is -0.782. The van der Waals surface area contributed by atoms with Gasteiger partial charge in [-0.2, -0.15) is 0 Å². The molecule has 1 aliphatic rings. The summed E-state index contributed by atoms with van der Waals surface area (Å²) in [6, 6.07) is 5.35. The summed E-state index contributed by atoms with van der Waals surface area (Å²) in [5.74, 6) is -0.634. The second kappa shape index (κ2) is 6.98. The van der Waals surface area contributed by atoms with E-state index in [1.807, 2.05) is 0 Å². The van der Waals surface area contributed by atoms with Crippen molar-refractivity contribution in [3.8, 4) is 0 Å². The van der Waals surface area contributed by atoms with Gasteiger partial charge in [0.15, 0.2) is 0 Å². The van der Waals surface area contributed by atoms with Crippen LogP contribution in [0, 0.1) is 10.1 Å². The predicted octanol–water partition coefficient (Wildman–Crippen LogP) is 3.44. The molecule has 2 rings (SSSR count). The highest BCUT2D eigenvalue weighted by molar-refractivity contribution is 6.07. The summed E-state index contributed by atoms with van der Waals surface area (Å²) >= 11 is 0. The molecule has 0 bridgehead atoms. The van der Waals surface area contributed by atoms with Crippen molar-refractivity contribution in [1.82, 2.24) is 9.80 Å². The van der Waals surface area contributed by atoms with Crippen LogP contribution in [0.25, 0.3) is 0 Å². The fourth-order valence-electron chi connectivity index (χ4n) is 2.84. The van der Waals surface area contributed by atoms with Crippen LogP contribution >= 0.6 is 0 Å². The van der Waals surface area contributed by atoms with Gasteiger partial charge < -0.3 is 4.90 Å². The second-order valence-corrected chi connectivity index (χ2v) is 6.92. The second-order valence-electron chi connectivity index (χ2n) is 6.92. The summed E-state index contributed by atoms with van der Waals surface area (Å²) in [7, 11) is 0.